The first-order valence-corrected chi connectivity index (χ1v) is 14.5. The van der Waals surface area contributed by atoms with Gasteiger partial charge in [-0.25, -0.2) is 32.7 Å². The minimum atomic E-state index is -3.50. The SMILES string of the molecule is CCCc1cnc(N2CCC(Oc3ncnc4c(-c5ccc(S(C)(=O)=O)cc5F)csc34)CC2)nc1. The summed E-state index contributed by atoms with van der Waals surface area (Å²) in [5, 5.41) is 1.80. The van der Waals surface area contributed by atoms with Gasteiger partial charge in [-0.05, 0) is 24.1 Å². The fraction of sp³-hybridized carbons (Fsp3) is 0.360. The largest absolute Gasteiger partial charge is 0.473 e. The van der Waals surface area contributed by atoms with E-state index in [1.165, 1.54) is 29.8 Å². The van der Waals surface area contributed by atoms with Gasteiger partial charge in [0.05, 0.1) is 10.4 Å². The number of aromatic nitrogens is 4. The van der Waals surface area contributed by atoms with E-state index in [0.29, 0.717) is 17.0 Å². The molecule has 1 aromatic carbocycles. The predicted molar refractivity (Wildman–Crippen MR) is 138 cm³/mol. The minimum absolute atomic E-state index is 0.0185. The van der Waals surface area contributed by atoms with Gasteiger partial charge in [-0.1, -0.05) is 19.4 Å². The zero-order valence-electron chi connectivity index (χ0n) is 20.0. The summed E-state index contributed by atoms with van der Waals surface area (Å²) >= 11 is 1.38. The van der Waals surface area contributed by atoms with E-state index in [0.717, 1.165) is 67.3 Å². The van der Waals surface area contributed by atoms with Crippen LogP contribution in [0.25, 0.3) is 21.3 Å². The molecule has 0 radical (unpaired) electrons. The van der Waals surface area contributed by atoms with Gasteiger partial charge in [0.2, 0.25) is 11.8 Å². The molecule has 3 aromatic heterocycles. The highest BCUT2D eigenvalue weighted by Crippen LogP contribution is 2.38. The number of nitrogens with zero attached hydrogens (tertiary/aromatic N) is 5. The highest BCUT2D eigenvalue weighted by Gasteiger charge is 2.24. The lowest BCUT2D eigenvalue weighted by Gasteiger charge is -2.31. The molecule has 36 heavy (non-hydrogen) atoms. The third-order valence-electron chi connectivity index (χ3n) is 6.21. The van der Waals surface area contributed by atoms with E-state index in [1.807, 2.05) is 12.4 Å². The Kier molecular flexibility index (Phi) is 6.85. The van der Waals surface area contributed by atoms with Crippen LogP contribution in [-0.4, -0.2) is 53.8 Å². The molecule has 1 fully saturated rings. The fourth-order valence-corrected chi connectivity index (χ4v) is 5.89. The highest BCUT2D eigenvalue weighted by molar-refractivity contribution is 7.90. The maximum absolute atomic E-state index is 14.8. The van der Waals surface area contributed by atoms with Gasteiger partial charge < -0.3 is 9.64 Å². The molecule has 1 aliphatic rings. The third-order valence-corrected chi connectivity index (χ3v) is 8.28. The Labute approximate surface area is 213 Å². The van der Waals surface area contributed by atoms with Crippen LogP contribution in [0, 0.1) is 5.82 Å². The molecule has 11 heteroatoms. The summed E-state index contributed by atoms with van der Waals surface area (Å²) in [4.78, 5) is 19.9. The van der Waals surface area contributed by atoms with Crippen molar-refractivity contribution in [2.45, 2.75) is 43.6 Å². The van der Waals surface area contributed by atoms with Crippen molar-refractivity contribution in [3.05, 3.63) is 53.7 Å². The van der Waals surface area contributed by atoms with Crippen LogP contribution >= 0.6 is 11.3 Å². The molecule has 0 N–H and O–H groups in total. The number of hydrogen-bond donors (Lipinski definition) is 0. The summed E-state index contributed by atoms with van der Waals surface area (Å²) in [7, 11) is -3.50. The lowest BCUT2D eigenvalue weighted by atomic mass is 10.1. The molecule has 0 saturated carbocycles. The summed E-state index contributed by atoms with van der Waals surface area (Å²) in [5.74, 6) is 0.601. The average Bonchev–Trinajstić information content (AvgIpc) is 3.30. The van der Waals surface area contributed by atoms with Crippen LogP contribution in [0.2, 0.25) is 0 Å². The first-order valence-electron chi connectivity index (χ1n) is 11.8. The molecule has 1 saturated heterocycles. The van der Waals surface area contributed by atoms with Crippen molar-refractivity contribution in [3.63, 3.8) is 0 Å². The van der Waals surface area contributed by atoms with Crippen molar-refractivity contribution in [1.82, 2.24) is 19.9 Å². The molecule has 0 unspecified atom stereocenters. The molecular formula is C25H26FN5O3S2. The van der Waals surface area contributed by atoms with Crippen molar-refractivity contribution in [1.29, 1.82) is 0 Å². The second kappa shape index (κ2) is 10.1. The Morgan fingerprint density at radius 3 is 2.53 bits per heavy atom. The van der Waals surface area contributed by atoms with Crippen molar-refractivity contribution >= 4 is 37.3 Å². The van der Waals surface area contributed by atoms with Crippen LogP contribution in [0.5, 0.6) is 5.88 Å². The molecule has 0 bridgehead atoms. The maximum Gasteiger partial charge on any atom is 0.235 e. The summed E-state index contributed by atoms with van der Waals surface area (Å²) in [5.41, 5.74) is 2.60. The van der Waals surface area contributed by atoms with Crippen LogP contribution in [0.4, 0.5) is 10.3 Å². The Bertz CT molecular complexity index is 1480. The molecule has 8 nitrogen and oxygen atoms in total. The van der Waals surface area contributed by atoms with Crippen molar-refractivity contribution in [3.8, 4) is 17.0 Å². The highest BCUT2D eigenvalue weighted by atomic mass is 32.2. The van der Waals surface area contributed by atoms with E-state index < -0.39 is 15.7 Å². The van der Waals surface area contributed by atoms with Crippen LogP contribution < -0.4 is 9.64 Å². The molecule has 4 heterocycles. The number of fused-ring (bicyclic) bond motifs is 1. The van der Waals surface area contributed by atoms with Crippen LogP contribution in [0.15, 0.2) is 47.2 Å². The number of aryl methyl sites for hydroxylation is 1. The number of thiophene rings is 1. The molecule has 5 rings (SSSR count). The van der Waals surface area contributed by atoms with Crippen LogP contribution in [0.3, 0.4) is 0 Å². The fourth-order valence-electron chi connectivity index (χ4n) is 4.31. The predicted octanol–water partition coefficient (Wildman–Crippen LogP) is 4.69. The lowest BCUT2D eigenvalue weighted by Crippen LogP contribution is -2.39. The topological polar surface area (TPSA) is 98.2 Å². The number of benzene rings is 1. The quantitative estimate of drug-likeness (QED) is 0.341. The summed E-state index contributed by atoms with van der Waals surface area (Å²) in [6.07, 6.45) is 9.89. The second-order valence-electron chi connectivity index (χ2n) is 8.87. The molecule has 0 aliphatic carbocycles. The molecule has 1 aliphatic heterocycles. The minimum Gasteiger partial charge on any atom is -0.473 e. The van der Waals surface area contributed by atoms with Gasteiger partial charge >= 0.3 is 0 Å². The Morgan fingerprint density at radius 1 is 1.11 bits per heavy atom. The Balaban J connectivity index is 1.31. The molecule has 0 amide bonds. The van der Waals surface area contributed by atoms with Gasteiger partial charge in [-0.3, -0.25) is 0 Å². The number of anilines is 1. The number of hydrogen-bond acceptors (Lipinski definition) is 9. The zero-order chi connectivity index (χ0) is 25.3. The van der Waals surface area contributed by atoms with Crippen molar-refractivity contribution in [2.75, 3.05) is 24.2 Å². The third kappa shape index (κ3) is 5.03. The molecule has 0 atom stereocenters. The average molecular weight is 528 g/mol. The smallest absolute Gasteiger partial charge is 0.235 e. The van der Waals surface area contributed by atoms with Gasteiger partial charge in [0.15, 0.2) is 9.84 Å². The first kappa shape index (κ1) is 24.5. The second-order valence-corrected chi connectivity index (χ2v) is 11.8. The Hall–Kier alpha value is -3.18. The van der Waals surface area contributed by atoms with E-state index in [1.54, 1.807) is 5.38 Å². The van der Waals surface area contributed by atoms with E-state index in [2.05, 4.69) is 31.8 Å². The first-order chi connectivity index (χ1) is 17.3. The Morgan fingerprint density at radius 2 is 1.86 bits per heavy atom. The lowest BCUT2D eigenvalue weighted by molar-refractivity contribution is 0.166. The molecule has 0 spiro atoms. The molecule has 4 aromatic rings. The normalized spacial score (nSPS) is 14.9. The summed E-state index contributed by atoms with van der Waals surface area (Å²) < 4.78 is 45.3. The summed E-state index contributed by atoms with van der Waals surface area (Å²) in [6, 6.07) is 3.93. The van der Waals surface area contributed by atoms with Crippen molar-refractivity contribution in [2.24, 2.45) is 0 Å². The van der Waals surface area contributed by atoms with Crippen LogP contribution in [0.1, 0.15) is 31.7 Å². The van der Waals surface area contributed by atoms with Crippen LogP contribution in [-0.2, 0) is 16.3 Å². The number of rotatable bonds is 7. The van der Waals surface area contributed by atoms with E-state index >= 15 is 0 Å². The monoisotopic (exact) mass is 527 g/mol. The van der Waals surface area contributed by atoms with E-state index in [9.17, 15) is 12.8 Å². The van der Waals surface area contributed by atoms with Gasteiger partial charge in [0.25, 0.3) is 0 Å². The van der Waals surface area contributed by atoms with Gasteiger partial charge in [0.1, 0.15) is 22.9 Å². The summed E-state index contributed by atoms with van der Waals surface area (Å²) in [6.45, 7) is 3.69. The van der Waals surface area contributed by atoms with Gasteiger partial charge in [-0.15, -0.1) is 11.3 Å². The number of piperidine rings is 1. The standard InChI is InChI=1S/C25H26FN5O3S2/c1-3-4-16-12-27-25(28-13-16)31-9-7-17(8-10-31)34-24-23-22(29-15-30-24)20(14-35-23)19-6-5-18(11-21(19)26)36(2,32)33/h5-6,11-15,17H,3-4,7-10H2,1-2H3. The van der Waals surface area contributed by atoms with E-state index in [-0.39, 0.29) is 16.6 Å². The van der Waals surface area contributed by atoms with E-state index in [4.69, 9.17) is 4.74 Å². The number of ether oxygens (including phenoxy) is 1. The van der Waals surface area contributed by atoms with Crippen molar-refractivity contribution < 1.29 is 17.5 Å². The van der Waals surface area contributed by atoms with Gasteiger partial charge in [-0.2, -0.15) is 0 Å². The maximum atomic E-state index is 14.8. The zero-order valence-corrected chi connectivity index (χ0v) is 21.6. The van der Waals surface area contributed by atoms with Gasteiger partial charge in [0, 0.05) is 61.1 Å². The number of sulfone groups is 1. The molecular weight excluding hydrogens is 501 g/mol. The molecule has 188 valence electrons. The number of halogens is 1.